The molecule has 0 saturated carbocycles. The van der Waals surface area contributed by atoms with Crippen LogP contribution in [-0.2, 0) is 9.59 Å². The fraction of sp³-hybridized carbons (Fsp3) is 0.280. The number of nitrogens with one attached hydrogen (secondary N) is 2. The Hall–Kier alpha value is -3.79. The van der Waals surface area contributed by atoms with Crippen LogP contribution in [0.2, 0.25) is 0 Å². The van der Waals surface area contributed by atoms with Crippen molar-refractivity contribution in [2.24, 2.45) is 5.92 Å². The van der Waals surface area contributed by atoms with Gasteiger partial charge in [0.15, 0.2) is 11.0 Å². The van der Waals surface area contributed by atoms with E-state index in [0.717, 1.165) is 22.4 Å². The predicted octanol–water partition coefficient (Wildman–Crippen LogP) is 3.94. The molecule has 180 valence electrons. The molecule has 1 aromatic carbocycles. The fourth-order valence-corrected chi connectivity index (χ4v) is 4.89. The molecule has 35 heavy (non-hydrogen) atoms. The summed E-state index contributed by atoms with van der Waals surface area (Å²) in [7, 11) is 0. The number of hydrogen-bond acceptors (Lipinski definition) is 8. The molecule has 1 atom stereocenters. The standard InChI is InChI=1S/C25H26N6O3S/c1-4-6-17-21(26)20(24(34)28-23(17)33)19(32)13-35-25-30-29-22(16-7-5-10-27-12-16)31(25)18-9-8-14(2)11-15(18)3/h5,7-12,17,26,32H,4,6,13H2,1-3H3,(H,28,33,34). The van der Waals surface area contributed by atoms with Gasteiger partial charge in [0, 0.05) is 18.0 Å². The Balaban J connectivity index is 1.71. The van der Waals surface area contributed by atoms with Gasteiger partial charge in [-0.3, -0.25) is 24.5 Å². The van der Waals surface area contributed by atoms with E-state index in [9.17, 15) is 14.7 Å². The van der Waals surface area contributed by atoms with Crippen molar-refractivity contribution in [1.29, 1.82) is 5.41 Å². The van der Waals surface area contributed by atoms with Crippen LogP contribution in [-0.4, -0.2) is 48.1 Å². The third kappa shape index (κ3) is 4.88. The molecular formula is C25H26N6O3S. The number of piperidine rings is 1. The van der Waals surface area contributed by atoms with Gasteiger partial charge in [0.1, 0.15) is 5.76 Å². The molecule has 1 aliphatic heterocycles. The molecule has 3 aromatic rings. The van der Waals surface area contributed by atoms with Gasteiger partial charge in [-0.05, 0) is 44.0 Å². The SMILES string of the molecule is CCCC1C(=N)C(=C(O)CSc2nnc(-c3cccnc3)n2-c2ccc(C)cc2C)C(=O)NC1=O. The number of pyridine rings is 1. The normalized spacial score (nSPS) is 17.5. The van der Waals surface area contributed by atoms with E-state index in [1.165, 1.54) is 11.8 Å². The summed E-state index contributed by atoms with van der Waals surface area (Å²) in [4.78, 5) is 28.8. The van der Waals surface area contributed by atoms with Crippen LogP contribution in [0.4, 0.5) is 0 Å². The van der Waals surface area contributed by atoms with E-state index in [1.807, 2.05) is 49.6 Å². The van der Waals surface area contributed by atoms with Crippen LogP contribution in [0.25, 0.3) is 17.1 Å². The maximum Gasteiger partial charge on any atom is 0.263 e. The number of hydrogen-bond donors (Lipinski definition) is 3. The van der Waals surface area contributed by atoms with Gasteiger partial charge in [-0.25, -0.2) is 0 Å². The van der Waals surface area contributed by atoms with E-state index in [-0.39, 0.29) is 22.8 Å². The van der Waals surface area contributed by atoms with Crippen molar-refractivity contribution >= 4 is 29.3 Å². The van der Waals surface area contributed by atoms with Crippen molar-refractivity contribution in [3.8, 4) is 17.1 Å². The monoisotopic (exact) mass is 490 g/mol. The maximum atomic E-state index is 12.4. The second kappa shape index (κ2) is 10.2. The van der Waals surface area contributed by atoms with E-state index in [1.54, 1.807) is 12.4 Å². The van der Waals surface area contributed by atoms with E-state index < -0.39 is 17.7 Å². The van der Waals surface area contributed by atoms with Gasteiger partial charge in [-0.15, -0.1) is 10.2 Å². The second-order valence-electron chi connectivity index (χ2n) is 8.36. The molecule has 3 heterocycles. The number of carbonyl (C=O) groups is 2. The lowest BCUT2D eigenvalue weighted by molar-refractivity contribution is -0.130. The van der Waals surface area contributed by atoms with Crippen molar-refractivity contribution in [2.75, 3.05) is 5.75 Å². The minimum Gasteiger partial charge on any atom is -0.511 e. The zero-order valence-corrected chi connectivity index (χ0v) is 20.5. The average Bonchev–Trinajstić information content (AvgIpc) is 3.24. The van der Waals surface area contributed by atoms with E-state index in [0.29, 0.717) is 23.8 Å². The van der Waals surface area contributed by atoms with Crippen LogP contribution in [0.5, 0.6) is 0 Å². The topological polar surface area (TPSA) is 134 Å². The highest BCUT2D eigenvalue weighted by Gasteiger charge is 2.37. The van der Waals surface area contributed by atoms with E-state index >= 15 is 0 Å². The summed E-state index contributed by atoms with van der Waals surface area (Å²) >= 11 is 1.19. The lowest BCUT2D eigenvalue weighted by Gasteiger charge is -2.24. The molecule has 0 bridgehead atoms. The molecule has 1 unspecified atom stereocenters. The number of aliphatic hydroxyl groups excluding tert-OH is 1. The first-order valence-electron chi connectivity index (χ1n) is 11.2. The minimum atomic E-state index is -0.754. The second-order valence-corrected chi connectivity index (χ2v) is 9.30. The van der Waals surface area contributed by atoms with Crippen LogP contribution < -0.4 is 5.32 Å². The molecule has 4 rings (SSSR count). The number of imide groups is 1. The first kappa shape index (κ1) is 24.3. The minimum absolute atomic E-state index is 0.0196. The Morgan fingerprint density at radius 2 is 2.03 bits per heavy atom. The number of nitrogens with zero attached hydrogens (tertiary/aromatic N) is 4. The van der Waals surface area contributed by atoms with Gasteiger partial charge in [0.25, 0.3) is 5.91 Å². The number of benzene rings is 1. The number of rotatable bonds is 7. The highest BCUT2D eigenvalue weighted by Crippen LogP contribution is 2.31. The quantitative estimate of drug-likeness (QED) is 0.198. The van der Waals surface area contributed by atoms with Crippen molar-refractivity contribution in [3.63, 3.8) is 0 Å². The highest BCUT2D eigenvalue weighted by atomic mass is 32.2. The highest BCUT2D eigenvalue weighted by molar-refractivity contribution is 7.99. The predicted molar refractivity (Wildman–Crippen MR) is 134 cm³/mol. The molecule has 2 aromatic heterocycles. The molecule has 10 heteroatoms. The number of aryl methyl sites for hydroxylation is 2. The zero-order valence-electron chi connectivity index (χ0n) is 19.7. The average molecular weight is 491 g/mol. The molecule has 2 amide bonds. The largest absolute Gasteiger partial charge is 0.511 e. The first-order chi connectivity index (χ1) is 16.8. The summed E-state index contributed by atoms with van der Waals surface area (Å²) in [6.07, 6.45) is 4.49. The van der Waals surface area contributed by atoms with Gasteiger partial charge in [0.05, 0.1) is 28.6 Å². The Kier molecular flexibility index (Phi) is 7.11. The zero-order chi connectivity index (χ0) is 25.1. The number of aliphatic hydroxyl groups is 1. The third-order valence-corrected chi connectivity index (χ3v) is 6.69. The van der Waals surface area contributed by atoms with Gasteiger partial charge < -0.3 is 10.5 Å². The van der Waals surface area contributed by atoms with Crippen LogP contribution >= 0.6 is 11.8 Å². The van der Waals surface area contributed by atoms with Crippen molar-refractivity contribution in [2.45, 2.75) is 38.8 Å². The molecule has 1 saturated heterocycles. The Labute approximate surface area is 207 Å². The van der Waals surface area contributed by atoms with Crippen molar-refractivity contribution in [3.05, 3.63) is 65.2 Å². The molecule has 0 aliphatic carbocycles. The smallest absolute Gasteiger partial charge is 0.263 e. The summed E-state index contributed by atoms with van der Waals surface area (Å²) in [6, 6.07) is 9.77. The molecule has 0 radical (unpaired) electrons. The van der Waals surface area contributed by atoms with E-state index in [4.69, 9.17) is 5.41 Å². The molecule has 1 fully saturated rings. The lowest BCUT2D eigenvalue weighted by Crippen LogP contribution is -2.48. The molecule has 0 spiro atoms. The molecular weight excluding hydrogens is 464 g/mol. The van der Waals surface area contributed by atoms with Crippen LogP contribution in [0.3, 0.4) is 0 Å². The third-order valence-electron chi connectivity index (χ3n) is 5.75. The summed E-state index contributed by atoms with van der Waals surface area (Å²) < 4.78 is 1.89. The molecule has 9 nitrogen and oxygen atoms in total. The molecule has 3 N–H and O–H groups in total. The van der Waals surface area contributed by atoms with Gasteiger partial charge in [-0.2, -0.15) is 0 Å². The lowest BCUT2D eigenvalue weighted by atomic mass is 9.87. The summed E-state index contributed by atoms with van der Waals surface area (Å²) in [6.45, 7) is 5.92. The number of carbonyl (C=O) groups excluding carboxylic acids is 2. The summed E-state index contributed by atoms with van der Waals surface area (Å²) in [5, 5.41) is 30.7. The Morgan fingerprint density at radius 3 is 2.71 bits per heavy atom. The Bertz CT molecular complexity index is 1330. The fourth-order valence-electron chi connectivity index (χ4n) is 4.06. The Morgan fingerprint density at radius 1 is 1.23 bits per heavy atom. The number of aromatic nitrogens is 4. The molecule has 1 aliphatic rings. The first-order valence-corrected chi connectivity index (χ1v) is 12.2. The van der Waals surface area contributed by atoms with Crippen LogP contribution in [0.15, 0.2) is 59.2 Å². The van der Waals surface area contributed by atoms with Crippen LogP contribution in [0, 0.1) is 25.2 Å². The van der Waals surface area contributed by atoms with Gasteiger partial charge in [0.2, 0.25) is 5.91 Å². The summed E-state index contributed by atoms with van der Waals surface area (Å²) in [5.41, 5.74) is 3.51. The summed E-state index contributed by atoms with van der Waals surface area (Å²) in [5.74, 6) is -1.70. The number of amides is 2. The van der Waals surface area contributed by atoms with Crippen molar-refractivity contribution < 1.29 is 14.7 Å². The van der Waals surface area contributed by atoms with Gasteiger partial charge in [-0.1, -0.05) is 42.8 Å². The van der Waals surface area contributed by atoms with Crippen LogP contribution in [0.1, 0.15) is 30.9 Å². The maximum absolute atomic E-state index is 12.4. The van der Waals surface area contributed by atoms with Crippen molar-refractivity contribution in [1.82, 2.24) is 25.1 Å². The number of thioether (sulfide) groups is 1. The van der Waals surface area contributed by atoms with Gasteiger partial charge >= 0.3 is 0 Å². The van der Waals surface area contributed by atoms with E-state index in [2.05, 4.69) is 26.6 Å².